The van der Waals surface area contributed by atoms with E-state index in [0.29, 0.717) is 0 Å². The highest BCUT2D eigenvalue weighted by atomic mass is 32.2. The van der Waals surface area contributed by atoms with Crippen LogP contribution in [0.5, 0.6) is 0 Å². The number of carbonyl (C=O) groups is 1. The van der Waals surface area contributed by atoms with E-state index < -0.39 is 68.5 Å². The van der Waals surface area contributed by atoms with E-state index >= 15 is 0 Å². The molecule has 31 heavy (non-hydrogen) atoms. The summed E-state index contributed by atoms with van der Waals surface area (Å²) >= 11 is 0. The Hall–Kier alpha value is -2.03. The van der Waals surface area contributed by atoms with Gasteiger partial charge in [-0.3, -0.25) is 0 Å². The Morgan fingerprint density at radius 3 is 1.68 bits per heavy atom. The van der Waals surface area contributed by atoms with Gasteiger partial charge < -0.3 is 5.11 Å². The lowest BCUT2D eigenvalue weighted by atomic mass is 10.1. The Bertz CT molecular complexity index is 789. The van der Waals surface area contributed by atoms with Gasteiger partial charge in [0.05, 0.1) is 0 Å². The van der Waals surface area contributed by atoms with Crippen molar-refractivity contribution in [1.29, 1.82) is 0 Å². The summed E-state index contributed by atoms with van der Waals surface area (Å²) in [4.78, 5) is 10.4. The number of alkyl halides is 9. The third-order valence-electron chi connectivity index (χ3n) is 3.45. The van der Waals surface area contributed by atoms with E-state index in [1.807, 2.05) is 6.92 Å². The van der Waals surface area contributed by atoms with Crippen molar-refractivity contribution in [2.45, 2.75) is 43.0 Å². The molecule has 5 nitrogen and oxygen atoms in total. The second-order valence-corrected chi connectivity index (χ2v) is 8.14. The van der Waals surface area contributed by atoms with Gasteiger partial charge in [-0.2, -0.15) is 43.8 Å². The molecule has 0 bridgehead atoms. The lowest BCUT2D eigenvalue weighted by molar-refractivity contribution is -0.382. The molecule has 0 atom stereocenters. The molecule has 0 aromatic heterocycles. The van der Waals surface area contributed by atoms with Gasteiger partial charge in [-0.15, -0.1) is 0 Å². The summed E-state index contributed by atoms with van der Waals surface area (Å²) in [6, 6.07) is 0. The van der Waals surface area contributed by atoms with E-state index in [9.17, 15) is 52.7 Å². The van der Waals surface area contributed by atoms with Gasteiger partial charge in [-0.25, -0.2) is 13.2 Å². The number of allylic oxidation sites excluding steroid dienone is 2. The van der Waals surface area contributed by atoms with Crippen LogP contribution in [0.1, 0.15) is 19.8 Å². The van der Waals surface area contributed by atoms with Gasteiger partial charge in [0, 0.05) is 19.2 Å². The Kier molecular flexibility index (Phi) is 10.6. The zero-order valence-electron chi connectivity index (χ0n) is 16.2. The molecule has 0 spiro atoms. The van der Waals surface area contributed by atoms with E-state index in [0.717, 1.165) is 5.57 Å². The molecule has 1 N–H and O–H groups in total. The molecule has 0 saturated carbocycles. The first-order chi connectivity index (χ1) is 13.5. The quantitative estimate of drug-likeness (QED) is 0.269. The first kappa shape index (κ1) is 31.2. The number of carboxylic acids is 1. The Morgan fingerprint density at radius 2 is 1.39 bits per heavy atom. The molecular weight excluding hydrogens is 473 g/mol. The summed E-state index contributed by atoms with van der Waals surface area (Å²) in [7, 11) is -6.43. The van der Waals surface area contributed by atoms with Crippen molar-refractivity contribution in [3.05, 3.63) is 37.0 Å². The summed E-state index contributed by atoms with van der Waals surface area (Å²) in [5.74, 6) is -16.2. The number of hydrogen-bond donors (Lipinski definition) is 1. The maximum Gasteiger partial charge on any atom is 0.460 e. The molecule has 0 aromatic carbocycles. The Balaban J connectivity index is 0. The molecule has 0 aliphatic heterocycles. The minimum Gasteiger partial charge on any atom is -0.478 e. The smallest absolute Gasteiger partial charge is 0.460 e. The molecule has 0 amide bonds. The number of hydrogen-bond acceptors (Lipinski definition) is 3. The van der Waals surface area contributed by atoms with Crippen LogP contribution >= 0.6 is 0 Å². The van der Waals surface area contributed by atoms with Crippen LogP contribution in [0.25, 0.3) is 0 Å². The number of halogens is 9. The van der Waals surface area contributed by atoms with Crippen molar-refractivity contribution in [2.24, 2.45) is 0 Å². The third-order valence-corrected chi connectivity index (χ3v) is 5.36. The molecule has 0 aliphatic rings. The van der Waals surface area contributed by atoms with Crippen molar-refractivity contribution in [1.82, 2.24) is 4.31 Å². The fourth-order valence-corrected chi connectivity index (χ4v) is 2.67. The molecular formula is C16H20F9NO4S. The highest BCUT2D eigenvalue weighted by Gasteiger charge is 2.85. The van der Waals surface area contributed by atoms with Crippen LogP contribution in [0.3, 0.4) is 0 Å². The van der Waals surface area contributed by atoms with E-state index in [2.05, 4.69) is 19.7 Å². The minimum atomic E-state index is -7.34. The molecule has 15 heteroatoms. The molecule has 0 rings (SSSR count). The first-order valence-electron chi connectivity index (χ1n) is 7.87. The molecule has 0 aliphatic carbocycles. The number of carboxylic acid groups (broad SMARTS) is 1. The van der Waals surface area contributed by atoms with Gasteiger partial charge in [-0.05, 0) is 19.8 Å². The highest BCUT2D eigenvalue weighted by molar-refractivity contribution is 7.90. The fourth-order valence-electron chi connectivity index (χ4n) is 1.46. The number of rotatable bonds is 10. The van der Waals surface area contributed by atoms with Crippen LogP contribution in [0.4, 0.5) is 39.5 Å². The number of sulfonamides is 1. The SMILES string of the molecule is C=C(CCCN(C)S(=O)(=O)C(F)(F)C(F)(F)C(F)(F)C(F)(F)F)C(=O)O.C=CC(=C)C. The lowest BCUT2D eigenvalue weighted by Crippen LogP contribution is -2.65. The van der Waals surface area contributed by atoms with Gasteiger partial charge in [0.2, 0.25) is 0 Å². The minimum absolute atomic E-state index is 0.231. The van der Waals surface area contributed by atoms with Crippen LogP contribution in [-0.4, -0.2) is 60.7 Å². The van der Waals surface area contributed by atoms with E-state index in [4.69, 9.17) is 5.11 Å². The summed E-state index contributed by atoms with van der Waals surface area (Å²) in [5, 5.41) is 1.66. The number of aliphatic carboxylic acids is 1. The van der Waals surface area contributed by atoms with Gasteiger partial charge >= 0.3 is 29.2 Å². The maximum atomic E-state index is 13.5. The Morgan fingerprint density at radius 1 is 1.00 bits per heavy atom. The molecule has 182 valence electrons. The predicted molar refractivity (Wildman–Crippen MR) is 93.5 cm³/mol. The molecule has 0 radical (unpaired) electrons. The van der Waals surface area contributed by atoms with E-state index in [1.54, 1.807) is 6.08 Å². The standard InChI is InChI=1S/C11H12F9NO4S.C5H8/c1-6(7(22)23)4-3-5-21(2)26(24,25)11(19,20)9(14,15)8(12,13)10(16,17)18;1-4-5(2)3/h1,3-5H2,2H3,(H,22,23);4H,1-2H2,3H3. The zero-order valence-corrected chi connectivity index (χ0v) is 17.1. The third kappa shape index (κ3) is 6.98. The molecule has 0 aromatic rings. The van der Waals surface area contributed by atoms with Gasteiger partial charge in [0.15, 0.2) is 0 Å². The normalized spacial score (nSPS) is 13.3. The summed E-state index contributed by atoms with van der Waals surface area (Å²) in [6.07, 6.45) is -6.47. The van der Waals surface area contributed by atoms with Crippen LogP contribution in [0.15, 0.2) is 37.0 Å². The number of nitrogens with zero attached hydrogens (tertiary/aromatic N) is 1. The predicted octanol–water partition coefficient (Wildman–Crippen LogP) is 4.84. The fraction of sp³-hybridized carbons (Fsp3) is 0.562. The Labute approximate surface area is 172 Å². The molecule has 0 unspecified atom stereocenters. The van der Waals surface area contributed by atoms with Crippen molar-refractivity contribution in [2.75, 3.05) is 13.6 Å². The van der Waals surface area contributed by atoms with E-state index in [1.165, 1.54) is 0 Å². The van der Waals surface area contributed by atoms with Crippen LogP contribution in [0, 0.1) is 0 Å². The topological polar surface area (TPSA) is 74.7 Å². The van der Waals surface area contributed by atoms with Crippen molar-refractivity contribution < 1.29 is 57.8 Å². The maximum absolute atomic E-state index is 13.5. The van der Waals surface area contributed by atoms with E-state index in [-0.39, 0.29) is 7.05 Å². The average Bonchev–Trinajstić information content (AvgIpc) is 2.60. The highest BCUT2D eigenvalue weighted by Crippen LogP contribution is 2.55. The van der Waals surface area contributed by atoms with Crippen LogP contribution in [-0.2, 0) is 14.8 Å². The second kappa shape index (κ2) is 10.5. The lowest BCUT2D eigenvalue weighted by Gasteiger charge is -2.34. The summed E-state index contributed by atoms with van der Waals surface area (Å²) in [5.41, 5.74) is 0.515. The summed E-state index contributed by atoms with van der Waals surface area (Å²) in [6.45, 7) is 10.9. The van der Waals surface area contributed by atoms with Crippen LogP contribution < -0.4 is 0 Å². The molecule has 0 heterocycles. The largest absolute Gasteiger partial charge is 0.478 e. The van der Waals surface area contributed by atoms with Gasteiger partial charge in [0.1, 0.15) is 0 Å². The first-order valence-corrected chi connectivity index (χ1v) is 9.31. The second-order valence-electron chi connectivity index (χ2n) is 6.05. The van der Waals surface area contributed by atoms with Gasteiger partial charge in [-0.1, -0.05) is 31.4 Å². The average molecular weight is 493 g/mol. The summed E-state index contributed by atoms with van der Waals surface area (Å²) < 4.78 is 137. The van der Waals surface area contributed by atoms with Gasteiger partial charge in [0.25, 0.3) is 10.0 Å². The molecule has 0 saturated heterocycles. The monoisotopic (exact) mass is 493 g/mol. The van der Waals surface area contributed by atoms with Crippen molar-refractivity contribution in [3.8, 4) is 0 Å². The van der Waals surface area contributed by atoms with Crippen molar-refractivity contribution in [3.63, 3.8) is 0 Å². The molecule has 0 fully saturated rings. The van der Waals surface area contributed by atoms with Crippen LogP contribution in [0.2, 0.25) is 0 Å². The zero-order chi connectivity index (χ0) is 25.6. The van der Waals surface area contributed by atoms with Crippen molar-refractivity contribution >= 4 is 16.0 Å².